The second-order valence-corrected chi connectivity index (χ2v) is 6.07. The van der Waals surface area contributed by atoms with Crippen molar-refractivity contribution in [2.75, 3.05) is 10.6 Å². The van der Waals surface area contributed by atoms with Gasteiger partial charge in [0.1, 0.15) is 6.04 Å². The number of carbonyl (C=O) groups is 1. The SMILES string of the molecule is Cc1cccc(N[C@@H](C)C(=O)Nc2cc(Cl)ccc2Cl)c1C. The maximum Gasteiger partial charge on any atom is 0.246 e. The van der Waals surface area contributed by atoms with Crippen LogP contribution in [-0.4, -0.2) is 11.9 Å². The summed E-state index contributed by atoms with van der Waals surface area (Å²) in [6, 6.07) is 10.5. The van der Waals surface area contributed by atoms with Gasteiger partial charge in [-0.3, -0.25) is 4.79 Å². The Hall–Kier alpha value is -1.71. The summed E-state index contributed by atoms with van der Waals surface area (Å²) in [5, 5.41) is 6.98. The molecule has 3 nitrogen and oxygen atoms in total. The first kappa shape index (κ1) is 16.7. The Kier molecular flexibility index (Phi) is 5.33. The Balaban J connectivity index is 2.09. The molecule has 0 heterocycles. The molecule has 0 unspecified atom stereocenters. The number of benzene rings is 2. The highest BCUT2D eigenvalue weighted by molar-refractivity contribution is 6.35. The molecule has 22 heavy (non-hydrogen) atoms. The van der Waals surface area contributed by atoms with E-state index in [2.05, 4.69) is 10.6 Å². The van der Waals surface area contributed by atoms with Crippen molar-refractivity contribution >= 4 is 40.5 Å². The molecule has 1 amide bonds. The van der Waals surface area contributed by atoms with Gasteiger partial charge >= 0.3 is 0 Å². The third kappa shape index (κ3) is 3.93. The quantitative estimate of drug-likeness (QED) is 0.820. The lowest BCUT2D eigenvalue weighted by atomic mass is 10.1. The number of hydrogen-bond donors (Lipinski definition) is 2. The lowest BCUT2D eigenvalue weighted by Crippen LogP contribution is -2.32. The fraction of sp³-hybridized carbons (Fsp3) is 0.235. The molecule has 0 aliphatic carbocycles. The molecular formula is C17H18Cl2N2O. The van der Waals surface area contributed by atoms with Gasteiger partial charge in [-0.05, 0) is 56.2 Å². The number of rotatable bonds is 4. The van der Waals surface area contributed by atoms with E-state index in [1.54, 1.807) is 25.1 Å². The normalized spacial score (nSPS) is 11.9. The number of aryl methyl sites for hydroxylation is 1. The monoisotopic (exact) mass is 336 g/mol. The zero-order valence-corrected chi connectivity index (χ0v) is 14.2. The van der Waals surface area contributed by atoms with Crippen molar-refractivity contribution in [2.24, 2.45) is 0 Å². The Morgan fingerprint density at radius 3 is 2.55 bits per heavy atom. The zero-order chi connectivity index (χ0) is 16.3. The Morgan fingerprint density at radius 1 is 1.09 bits per heavy atom. The highest BCUT2D eigenvalue weighted by Crippen LogP contribution is 2.26. The summed E-state index contributed by atoms with van der Waals surface area (Å²) in [6.45, 7) is 5.86. The number of nitrogens with one attached hydrogen (secondary N) is 2. The first-order chi connectivity index (χ1) is 10.4. The van der Waals surface area contributed by atoms with Gasteiger partial charge in [0, 0.05) is 10.7 Å². The molecule has 0 radical (unpaired) electrons. The smallest absolute Gasteiger partial charge is 0.246 e. The molecular weight excluding hydrogens is 319 g/mol. The number of halogens is 2. The fourth-order valence-corrected chi connectivity index (χ4v) is 2.38. The lowest BCUT2D eigenvalue weighted by molar-refractivity contribution is -0.116. The van der Waals surface area contributed by atoms with E-state index in [1.807, 2.05) is 32.0 Å². The van der Waals surface area contributed by atoms with Crippen LogP contribution in [0.15, 0.2) is 36.4 Å². The second kappa shape index (κ2) is 7.03. The highest BCUT2D eigenvalue weighted by atomic mass is 35.5. The summed E-state index contributed by atoms with van der Waals surface area (Å²) in [4.78, 5) is 12.3. The van der Waals surface area contributed by atoms with Gasteiger partial charge in [0.25, 0.3) is 0 Å². The highest BCUT2D eigenvalue weighted by Gasteiger charge is 2.15. The minimum Gasteiger partial charge on any atom is -0.374 e. The first-order valence-corrected chi connectivity index (χ1v) is 7.72. The molecule has 116 valence electrons. The van der Waals surface area contributed by atoms with E-state index in [-0.39, 0.29) is 5.91 Å². The molecule has 0 saturated carbocycles. The minimum absolute atomic E-state index is 0.176. The number of anilines is 2. The van der Waals surface area contributed by atoms with Crippen LogP contribution in [0.3, 0.4) is 0 Å². The maximum atomic E-state index is 12.3. The van der Waals surface area contributed by atoms with Crippen molar-refractivity contribution in [3.05, 3.63) is 57.6 Å². The van der Waals surface area contributed by atoms with Crippen LogP contribution in [0.4, 0.5) is 11.4 Å². The van der Waals surface area contributed by atoms with Crippen LogP contribution in [0.5, 0.6) is 0 Å². The number of hydrogen-bond acceptors (Lipinski definition) is 2. The van der Waals surface area contributed by atoms with Gasteiger partial charge in [0.2, 0.25) is 5.91 Å². The fourth-order valence-electron chi connectivity index (χ4n) is 2.04. The molecule has 0 aliphatic heterocycles. The van der Waals surface area contributed by atoms with Gasteiger partial charge in [-0.2, -0.15) is 0 Å². The van der Waals surface area contributed by atoms with E-state index in [0.29, 0.717) is 15.7 Å². The lowest BCUT2D eigenvalue weighted by Gasteiger charge is -2.18. The average molecular weight is 337 g/mol. The Morgan fingerprint density at radius 2 is 1.82 bits per heavy atom. The van der Waals surface area contributed by atoms with E-state index in [9.17, 15) is 4.79 Å². The Bertz CT molecular complexity index is 701. The van der Waals surface area contributed by atoms with E-state index < -0.39 is 6.04 Å². The van der Waals surface area contributed by atoms with Crippen LogP contribution in [0, 0.1) is 13.8 Å². The van der Waals surface area contributed by atoms with Crippen LogP contribution in [0.1, 0.15) is 18.1 Å². The van der Waals surface area contributed by atoms with Crippen LogP contribution in [0.25, 0.3) is 0 Å². The molecule has 0 spiro atoms. The molecule has 2 N–H and O–H groups in total. The minimum atomic E-state index is -0.407. The van der Waals surface area contributed by atoms with Gasteiger partial charge in [-0.25, -0.2) is 0 Å². The average Bonchev–Trinajstić information content (AvgIpc) is 2.47. The van der Waals surface area contributed by atoms with Crippen LogP contribution >= 0.6 is 23.2 Å². The van der Waals surface area contributed by atoms with Crippen molar-refractivity contribution in [1.29, 1.82) is 0 Å². The summed E-state index contributed by atoms with van der Waals surface area (Å²) in [5.41, 5.74) is 3.76. The van der Waals surface area contributed by atoms with E-state index in [0.717, 1.165) is 11.3 Å². The van der Waals surface area contributed by atoms with E-state index >= 15 is 0 Å². The van der Waals surface area contributed by atoms with Crippen LogP contribution < -0.4 is 10.6 Å². The third-order valence-electron chi connectivity index (χ3n) is 3.56. The van der Waals surface area contributed by atoms with Gasteiger partial charge in [-0.15, -0.1) is 0 Å². The molecule has 0 aromatic heterocycles. The molecule has 0 saturated heterocycles. The molecule has 0 aliphatic rings. The topological polar surface area (TPSA) is 41.1 Å². The van der Waals surface area contributed by atoms with Gasteiger partial charge in [-0.1, -0.05) is 35.3 Å². The van der Waals surface area contributed by atoms with Crippen molar-refractivity contribution in [3.8, 4) is 0 Å². The number of amides is 1. The number of carbonyl (C=O) groups excluding carboxylic acids is 1. The largest absolute Gasteiger partial charge is 0.374 e. The summed E-state index contributed by atoms with van der Waals surface area (Å²) in [6.07, 6.45) is 0. The molecule has 0 bridgehead atoms. The van der Waals surface area contributed by atoms with E-state index in [1.165, 1.54) is 5.56 Å². The standard InChI is InChI=1S/C17H18Cl2N2O/c1-10-5-4-6-15(11(10)2)20-12(3)17(22)21-16-9-13(18)7-8-14(16)19/h4-9,12,20H,1-3H3,(H,21,22)/t12-/m0/s1. The van der Waals surface area contributed by atoms with Crippen molar-refractivity contribution in [1.82, 2.24) is 0 Å². The third-order valence-corrected chi connectivity index (χ3v) is 4.12. The van der Waals surface area contributed by atoms with Crippen LogP contribution in [0.2, 0.25) is 10.0 Å². The summed E-state index contributed by atoms with van der Waals surface area (Å²) < 4.78 is 0. The van der Waals surface area contributed by atoms with Crippen molar-refractivity contribution in [3.63, 3.8) is 0 Å². The molecule has 2 aromatic carbocycles. The maximum absolute atomic E-state index is 12.3. The van der Waals surface area contributed by atoms with Crippen molar-refractivity contribution in [2.45, 2.75) is 26.8 Å². The van der Waals surface area contributed by atoms with Gasteiger partial charge in [0.05, 0.1) is 10.7 Å². The first-order valence-electron chi connectivity index (χ1n) is 6.97. The van der Waals surface area contributed by atoms with Crippen LogP contribution in [-0.2, 0) is 4.79 Å². The molecule has 2 rings (SSSR count). The molecule has 1 atom stereocenters. The van der Waals surface area contributed by atoms with Gasteiger partial charge in [0.15, 0.2) is 0 Å². The summed E-state index contributed by atoms with van der Waals surface area (Å²) in [5.74, 6) is -0.176. The summed E-state index contributed by atoms with van der Waals surface area (Å²) in [7, 11) is 0. The summed E-state index contributed by atoms with van der Waals surface area (Å²) >= 11 is 12.0. The molecule has 0 fully saturated rings. The molecule has 2 aromatic rings. The van der Waals surface area contributed by atoms with Gasteiger partial charge < -0.3 is 10.6 Å². The predicted molar refractivity (Wildman–Crippen MR) is 94.1 cm³/mol. The van der Waals surface area contributed by atoms with Crippen molar-refractivity contribution < 1.29 is 4.79 Å². The predicted octanol–water partition coefficient (Wildman–Crippen LogP) is 5.05. The molecule has 5 heteroatoms. The zero-order valence-electron chi connectivity index (χ0n) is 12.7. The van der Waals surface area contributed by atoms with E-state index in [4.69, 9.17) is 23.2 Å². The second-order valence-electron chi connectivity index (χ2n) is 5.23. The Labute approximate surface area is 140 Å².